The summed E-state index contributed by atoms with van der Waals surface area (Å²) in [5.41, 5.74) is 0.336. The number of amides is 3. The first-order valence-electron chi connectivity index (χ1n) is 15.3. The minimum Gasteiger partial charge on any atom is -0.458 e. The van der Waals surface area contributed by atoms with Gasteiger partial charge in [-0.2, -0.15) is 0 Å². The summed E-state index contributed by atoms with van der Waals surface area (Å²) >= 11 is 0. The van der Waals surface area contributed by atoms with Gasteiger partial charge in [0.25, 0.3) is 0 Å². The average molecular weight is 620 g/mol. The second-order valence-corrected chi connectivity index (χ2v) is 13.7. The fourth-order valence-corrected chi connectivity index (χ4v) is 4.66. The standard InChI is InChI=1S/C36H49N3O6/c1-12-25-18-20-27(21-19-25)30(39(24(4)5)32(41)29(23(2)3)38-34(43)45-36(9,10)11)31(40)37-28(33(42)44-35(6,7)8)22-26-16-14-13-15-17-26/h1,13-21,23-24,28-30H,22H2,2-11H3,(H,37,40)(H,38,43). The number of nitrogens with zero attached hydrogens (tertiary/aromatic N) is 1. The molecule has 3 amide bonds. The number of carbonyl (C=O) groups is 4. The third kappa shape index (κ3) is 11.6. The normalized spacial score (nSPS) is 13.7. The van der Waals surface area contributed by atoms with Crippen molar-refractivity contribution < 1.29 is 28.7 Å². The Balaban J connectivity index is 2.60. The van der Waals surface area contributed by atoms with Gasteiger partial charge >= 0.3 is 12.1 Å². The van der Waals surface area contributed by atoms with Gasteiger partial charge in [-0.3, -0.25) is 9.59 Å². The second-order valence-electron chi connectivity index (χ2n) is 13.7. The van der Waals surface area contributed by atoms with Gasteiger partial charge in [-0.05, 0) is 84.6 Å². The molecular formula is C36H49N3O6. The van der Waals surface area contributed by atoms with Crippen LogP contribution in [0.15, 0.2) is 54.6 Å². The lowest BCUT2D eigenvalue weighted by Crippen LogP contribution is -2.57. The van der Waals surface area contributed by atoms with E-state index in [1.165, 1.54) is 4.90 Å². The second kappa shape index (κ2) is 15.6. The van der Waals surface area contributed by atoms with Crippen LogP contribution >= 0.6 is 0 Å². The van der Waals surface area contributed by atoms with E-state index in [2.05, 4.69) is 16.6 Å². The number of benzene rings is 2. The van der Waals surface area contributed by atoms with E-state index in [4.69, 9.17) is 15.9 Å². The topological polar surface area (TPSA) is 114 Å². The first kappa shape index (κ1) is 36.9. The van der Waals surface area contributed by atoms with Gasteiger partial charge in [-0.15, -0.1) is 6.42 Å². The molecule has 0 aliphatic heterocycles. The molecule has 0 aromatic heterocycles. The van der Waals surface area contributed by atoms with E-state index < -0.39 is 59.2 Å². The van der Waals surface area contributed by atoms with Crippen LogP contribution in [0.25, 0.3) is 0 Å². The van der Waals surface area contributed by atoms with Crippen molar-refractivity contribution in [3.05, 3.63) is 71.3 Å². The van der Waals surface area contributed by atoms with Gasteiger partial charge in [0.05, 0.1) is 0 Å². The van der Waals surface area contributed by atoms with E-state index in [-0.39, 0.29) is 12.3 Å². The number of alkyl carbamates (subject to hydrolysis) is 1. The number of esters is 1. The Morgan fingerprint density at radius 3 is 1.84 bits per heavy atom. The van der Waals surface area contributed by atoms with E-state index in [0.29, 0.717) is 11.1 Å². The third-order valence-electron chi connectivity index (χ3n) is 6.63. The predicted octanol–water partition coefficient (Wildman–Crippen LogP) is 5.56. The van der Waals surface area contributed by atoms with Crippen molar-refractivity contribution in [3.63, 3.8) is 0 Å². The Kier molecular flexibility index (Phi) is 12.8. The van der Waals surface area contributed by atoms with Crippen LogP contribution < -0.4 is 10.6 Å². The van der Waals surface area contributed by atoms with Crippen LogP contribution in [0.2, 0.25) is 0 Å². The Morgan fingerprint density at radius 2 is 1.38 bits per heavy atom. The van der Waals surface area contributed by atoms with Crippen molar-refractivity contribution in [1.29, 1.82) is 0 Å². The molecule has 0 aliphatic rings. The summed E-state index contributed by atoms with van der Waals surface area (Å²) in [7, 11) is 0. The van der Waals surface area contributed by atoms with Gasteiger partial charge in [0.15, 0.2) is 0 Å². The SMILES string of the molecule is C#Cc1ccc(C(C(=O)NC(Cc2ccccc2)C(=O)OC(C)(C)C)N(C(=O)C(NC(=O)OC(C)(C)C)C(C)C)C(C)C)cc1. The predicted molar refractivity (Wildman–Crippen MR) is 175 cm³/mol. The number of rotatable bonds is 11. The number of carbonyl (C=O) groups excluding carboxylic acids is 4. The van der Waals surface area contributed by atoms with Crippen LogP contribution in [0.4, 0.5) is 4.79 Å². The smallest absolute Gasteiger partial charge is 0.408 e. The Morgan fingerprint density at radius 1 is 0.822 bits per heavy atom. The molecule has 2 N–H and O–H groups in total. The lowest BCUT2D eigenvalue weighted by molar-refractivity contribution is -0.159. The monoisotopic (exact) mass is 619 g/mol. The number of nitrogens with one attached hydrogen (secondary N) is 2. The molecule has 0 fully saturated rings. The van der Waals surface area contributed by atoms with Crippen LogP contribution in [-0.4, -0.2) is 58.1 Å². The quantitative estimate of drug-likeness (QED) is 0.251. The molecule has 0 aliphatic carbocycles. The molecule has 0 spiro atoms. The maximum Gasteiger partial charge on any atom is 0.408 e. The highest BCUT2D eigenvalue weighted by atomic mass is 16.6. The maximum atomic E-state index is 14.4. The van der Waals surface area contributed by atoms with E-state index in [1.54, 1.807) is 93.5 Å². The summed E-state index contributed by atoms with van der Waals surface area (Å²) in [6.07, 6.45) is 5.01. The number of hydrogen-bond donors (Lipinski definition) is 2. The highest BCUT2D eigenvalue weighted by Crippen LogP contribution is 2.27. The van der Waals surface area contributed by atoms with E-state index in [0.717, 1.165) is 5.56 Å². The van der Waals surface area contributed by atoms with Crippen molar-refractivity contribution in [2.75, 3.05) is 0 Å². The summed E-state index contributed by atoms with van der Waals surface area (Å²) < 4.78 is 11.1. The average Bonchev–Trinajstić information content (AvgIpc) is 2.92. The fraction of sp³-hybridized carbons (Fsp3) is 0.500. The molecule has 0 saturated heterocycles. The number of ether oxygens (including phenoxy) is 2. The molecule has 0 radical (unpaired) electrons. The highest BCUT2D eigenvalue weighted by molar-refractivity contribution is 5.94. The van der Waals surface area contributed by atoms with Crippen molar-refractivity contribution in [2.24, 2.45) is 5.92 Å². The van der Waals surface area contributed by atoms with Crippen molar-refractivity contribution in [1.82, 2.24) is 15.5 Å². The molecule has 0 saturated carbocycles. The van der Waals surface area contributed by atoms with E-state index in [1.807, 2.05) is 30.3 Å². The molecule has 45 heavy (non-hydrogen) atoms. The lowest BCUT2D eigenvalue weighted by atomic mass is 9.96. The van der Waals surface area contributed by atoms with Crippen molar-refractivity contribution in [2.45, 2.75) is 111 Å². The van der Waals surface area contributed by atoms with Crippen molar-refractivity contribution >= 4 is 23.9 Å². The molecule has 0 bridgehead atoms. The molecule has 2 aromatic carbocycles. The summed E-state index contributed by atoms with van der Waals surface area (Å²) in [4.78, 5) is 56.3. The zero-order chi connectivity index (χ0) is 34.1. The molecule has 2 rings (SSSR count). The van der Waals surface area contributed by atoms with Crippen LogP contribution in [0.5, 0.6) is 0 Å². The zero-order valence-electron chi connectivity index (χ0n) is 28.3. The Labute approximate surface area is 268 Å². The largest absolute Gasteiger partial charge is 0.458 e. The van der Waals surface area contributed by atoms with Gasteiger partial charge in [0.2, 0.25) is 11.8 Å². The van der Waals surface area contributed by atoms with Gasteiger partial charge < -0.3 is 25.0 Å². The van der Waals surface area contributed by atoms with E-state index in [9.17, 15) is 19.2 Å². The molecule has 3 unspecified atom stereocenters. The van der Waals surface area contributed by atoms with Crippen molar-refractivity contribution in [3.8, 4) is 12.3 Å². The Hall–Kier alpha value is -4.32. The Bertz CT molecular complexity index is 1350. The molecule has 244 valence electrons. The molecule has 0 heterocycles. The minimum atomic E-state index is -1.17. The van der Waals surface area contributed by atoms with Gasteiger partial charge in [-0.1, -0.05) is 62.2 Å². The van der Waals surface area contributed by atoms with Crippen LogP contribution in [-0.2, 0) is 30.3 Å². The third-order valence-corrected chi connectivity index (χ3v) is 6.63. The first-order valence-corrected chi connectivity index (χ1v) is 15.3. The van der Waals surface area contributed by atoms with Gasteiger partial charge in [0.1, 0.15) is 29.3 Å². The minimum absolute atomic E-state index is 0.175. The highest BCUT2D eigenvalue weighted by Gasteiger charge is 2.40. The van der Waals surface area contributed by atoms with Crippen LogP contribution in [0.3, 0.4) is 0 Å². The molecule has 3 atom stereocenters. The van der Waals surface area contributed by atoms with Crippen LogP contribution in [0.1, 0.15) is 92.0 Å². The summed E-state index contributed by atoms with van der Waals surface area (Å²) in [5.74, 6) is 0.551. The molecule has 9 nitrogen and oxygen atoms in total. The van der Waals surface area contributed by atoms with Gasteiger partial charge in [-0.25, -0.2) is 9.59 Å². The summed E-state index contributed by atoms with van der Waals surface area (Å²) in [6.45, 7) is 17.6. The number of hydrogen-bond acceptors (Lipinski definition) is 6. The van der Waals surface area contributed by atoms with E-state index >= 15 is 0 Å². The lowest BCUT2D eigenvalue weighted by Gasteiger charge is -2.38. The summed E-state index contributed by atoms with van der Waals surface area (Å²) in [5, 5.41) is 5.59. The van der Waals surface area contributed by atoms with Crippen LogP contribution in [0, 0.1) is 18.3 Å². The number of terminal acetylenes is 1. The summed E-state index contributed by atoms with van der Waals surface area (Å²) in [6, 6.07) is 12.3. The fourth-order valence-electron chi connectivity index (χ4n) is 4.66. The first-order chi connectivity index (χ1) is 20.8. The van der Waals surface area contributed by atoms with Gasteiger partial charge in [0, 0.05) is 18.0 Å². The molecule has 9 heteroatoms. The molecule has 2 aromatic rings. The zero-order valence-corrected chi connectivity index (χ0v) is 28.3. The molecular weight excluding hydrogens is 570 g/mol. The maximum absolute atomic E-state index is 14.4.